The van der Waals surface area contributed by atoms with Gasteiger partial charge in [-0.2, -0.15) is 0 Å². The van der Waals surface area contributed by atoms with Crippen LogP contribution in [0.4, 0.5) is 4.79 Å². The minimum absolute atomic E-state index is 0.0957. The average Bonchev–Trinajstić information content (AvgIpc) is 3.18. The van der Waals surface area contributed by atoms with Crippen molar-refractivity contribution in [3.8, 4) is 0 Å². The Bertz CT molecular complexity index is 637. The molecule has 0 bridgehead atoms. The molecule has 150 valence electrons. The normalized spacial score (nSPS) is 34.4. The van der Waals surface area contributed by atoms with Crippen LogP contribution >= 0.6 is 0 Å². The van der Waals surface area contributed by atoms with E-state index in [9.17, 15) is 19.5 Å². The van der Waals surface area contributed by atoms with Crippen LogP contribution in [0, 0.1) is 5.92 Å². The zero-order valence-corrected chi connectivity index (χ0v) is 16.0. The highest BCUT2D eigenvalue weighted by Crippen LogP contribution is 2.46. The molecule has 2 heterocycles. The van der Waals surface area contributed by atoms with Gasteiger partial charge in [-0.1, -0.05) is 12.2 Å². The zero-order chi connectivity index (χ0) is 19.6. The van der Waals surface area contributed by atoms with Gasteiger partial charge in [0.15, 0.2) is 0 Å². The number of carbonyl (C=O) groups is 3. The van der Waals surface area contributed by atoms with Crippen LogP contribution in [0.25, 0.3) is 0 Å². The van der Waals surface area contributed by atoms with Crippen molar-refractivity contribution in [2.75, 3.05) is 26.7 Å². The van der Waals surface area contributed by atoms with E-state index in [1.165, 1.54) is 4.90 Å². The van der Waals surface area contributed by atoms with Crippen LogP contribution in [0.15, 0.2) is 12.2 Å². The first-order valence-electron chi connectivity index (χ1n) is 9.74. The fourth-order valence-corrected chi connectivity index (χ4v) is 3.97. The number of aliphatic hydroxyl groups excluding tert-OH is 1. The molecule has 1 saturated heterocycles. The number of hydrogen-bond acceptors (Lipinski definition) is 5. The number of nitrogens with one attached hydrogen (secondary N) is 1. The summed E-state index contributed by atoms with van der Waals surface area (Å²) in [5.41, 5.74) is -1.05. The largest absolute Gasteiger partial charge is 0.464 e. The fourth-order valence-electron chi connectivity index (χ4n) is 3.97. The van der Waals surface area contributed by atoms with E-state index in [0.29, 0.717) is 13.0 Å². The van der Waals surface area contributed by atoms with Crippen molar-refractivity contribution in [2.45, 2.75) is 56.7 Å². The number of esters is 1. The summed E-state index contributed by atoms with van der Waals surface area (Å²) >= 11 is 0. The molecule has 2 aliphatic heterocycles. The molecule has 27 heavy (non-hydrogen) atoms. The van der Waals surface area contributed by atoms with Gasteiger partial charge in [0.05, 0.1) is 12.7 Å². The van der Waals surface area contributed by atoms with Crippen molar-refractivity contribution in [2.24, 2.45) is 5.92 Å². The van der Waals surface area contributed by atoms with E-state index < -0.39 is 29.6 Å². The second kappa shape index (κ2) is 7.88. The van der Waals surface area contributed by atoms with Gasteiger partial charge < -0.3 is 25.0 Å². The standard InChI is InChI=1S/C19H29N3O5/c1-3-27-17(25)19-11-13(19)8-6-4-5-7-9-21(2)18(26)22-12-14(23)10-15(22)16(24)20-19/h6,8,13-15,23H,3-5,7,9-12H2,1-2H3,(H,20,24)/t13-,14+,15+,19-/m1/s1. The Hall–Kier alpha value is -2.09. The Morgan fingerprint density at radius 1 is 1.41 bits per heavy atom. The second-order valence-electron chi connectivity index (χ2n) is 7.68. The lowest BCUT2D eigenvalue weighted by atomic mass is 10.1. The summed E-state index contributed by atoms with van der Waals surface area (Å²) in [7, 11) is 1.71. The summed E-state index contributed by atoms with van der Waals surface area (Å²) in [5.74, 6) is -0.940. The number of carbonyl (C=O) groups excluding carboxylic acids is 3. The van der Waals surface area contributed by atoms with Gasteiger partial charge in [-0.25, -0.2) is 9.59 Å². The minimum atomic E-state index is -1.05. The number of hydrogen-bond donors (Lipinski definition) is 2. The molecule has 0 unspecified atom stereocenters. The third kappa shape index (κ3) is 3.95. The van der Waals surface area contributed by atoms with Gasteiger partial charge in [0.2, 0.25) is 5.91 Å². The molecule has 1 saturated carbocycles. The first-order valence-corrected chi connectivity index (χ1v) is 9.74. The van der Waals surface area contributed by atoms with E-state index in [2.05, 4.69) is 5.32 Å². The Balaban J connectivity index is 1.85. The van der Waals surface area contributed by atoms with Gasteiger partial charge in [0.25, 0.3) is 0 Å². The number of aliphatic hydroxyl groups is 1. The first-order chi connectivity index (χ1) is 12.9. The van der Waals surface area contributed by atoms with Crippen LogP contribution in [-0.4, -0.2) is 77.2 Å². The lowest BCUT2D eigenvalue weighted by Gasteiger charge is -2.30. The smallest absolute Gasteiger partial charge is 0.332 e. The van der Waals surface area contributed by atoms with E-state index in [0.717, 1.165) is 19.3 Å². The van der Waals surface area contributed by atoms with Gasteiger partial charge in [-0.3, -0.25) is 4.79 Å². The third-order valence-electron chi connectivity index (χ3n) is 5.64. The number of rotatable bonds is 2. The Morgan fingerprint density at radius 2 is 2.19 bits per heavy atom. The molecule has 0 radical (unpaired) electrons. The van der Waals surface area contributed by atoms with Crippen molar-refractivity contribution < 1.29 is 24.2 Å². The monoisotopic (exact) mass is 379 g/mol. The summed E-state index contributed by atoms with van der Waals surface area (Å²) in [4.78, 5) is 41.2. The molecule has 2 fully saturated rings. The number of ether oxygens (including phenoxy) is 1. The van der Waals surface area contributed by atoms with Gasteiger partial charge in [-0.15, -0.1) is 0 Å². The van der Waals surface area contributed by atoms with Crippen molar-refractivity contribution in [3.05, 3.63) is 12.2 Å². The van der Waals surface area contributed by atoms with Crippen LogP contribution in [0.3, 0.4) is 0 Å². The van der Waals surface area contributed by atoms with E-state index in [4.69, 9.17) is 4.74 Å². The molecule has 0 aromatic carbocycles. The molecule has 0 spiro atoms. The summed E-state index contributed by atoms with van der Waals surface area (Å²) < 4.78 is 5.19. The molecule has 4 atom stereocenters. The lowest BCUT2D eigenvalue weighted by Crippen LogP contribution is -2.55. The predicted octanol–water partition coefficient (Wildman–Crippen LogP) is 0.652. The predicted molar refractivity (Wildman–Crippen MR) is 97.7 cm³/mol. The van der Waals surface area contributed by atoms with E-state index >= 15 is 0 Å². The third-order valence-corrected chi connectivity index (χ3v) is 5.64. The average molecular weight is 379 g/mol. The van der Waals surface area contributed by atoms with E-state index in [1.807, 2.05) is 12.2 Å². The van der Waals surface area contributed by atoms with Crippen LogP contribution in [0.1, 0.15) is 39.0 Å². The van der Waals surface area contributed by atoms with Crippen LogP contribution in [0.5, 0.6) is 0 Å². The number of urea groups is 1. The topological polar surface area (TPSA) is 99.2 Å². The number of nitrogens with zero attached hydrogens (tertiary/aromatic N) is 2. The summed E-state index contributed by atoms with van der Waals surface area (Å²) in [6, 6.07) is -1.05. The molecule has 2 N–H and O–H groups in total. The molecular weight excluding hydrogens is 350 g/mol. The fraction of sp³-hybridized carbons (Fsp3) is 0.737. The highest BCUT2D eigenvalue weighted by atomic mass is 16.5. The SMILES string of the molecule is CCOC(=O)[C@@]12C[C@H]1C=CCCCCN(C)C(=O)N1C[C@@H](O)C[C@H]1C(=O)N2. The van der Waals surface area contributed by atoms with Crippen molar-refractivity contribution >= 4 is 17.9 Å². The number of amides is 3. The van der Waals surface area contributed by atoms with Gasteiger partial charge in [0, 0.05) is 32.5 Å². The van der Waals surface area contributed by atoms with Crippen LogP contribution < -0.4 is 5.32 Å². The second-order valence-corrected chi connectivity index (χ2v) is 7.68. The Kier molecular flexibility index (Phi) is 5.74. The maximum absolute atomic E-state index is 12.9. The van der Waals surface area contributed by atoms with Crippen molar-refractivity contribution in [3.63, 3.8) is 0 Å². The van der Waals surface area contributed by atoms with Crippen LogP contribution in [-0.2, 0) is 14.3 Å². The maximum atomic E-state index is 12.9. The molecule has 0 aromatic rings. The molecule has 0 aromatic heterocycles. The van der Waals surface area contributed by atoms with E-state index in [1.54, 1.807) is 18.9 Å². The number of allylic oxidation sites excluding steroid dienone is 1. The quantitative estimate of drug-likeness (QED) is 0.542. The van der Waals surface area contributed by atoms with Gasteiger partial charge >= 0.3 is 12.0 Å². The highest BCUT2D eigenvalue weighted by molar-refractivity contribution is 5.95. The summed E-state index contributed by atoms with van der Waals surface area (Å²) in [6.45, 7) is 2.70. The Labute approximate surface area is 159 Å². The molecule has 8 heteroatoms. The molecule has 3 rings (SSSR count). The minimum Gasteiger partial charge on any atom is -0.464 e. The van der Waals surface area contributed by atoms with Gasteiger partial charge in [0.1, 0.15) is 11.6 Å². The number of fused-ring (bicyclic) bond motifs is 2. The van der Waals surface area contributed by atoms with Gasteiger partial charge in [-0.05, 0) is 32.6 Å². The van der Waals surface area contributed by atoms with E-state index in [-0.39, 0.29) is 31.5 Å². The molecule has 3 amide bonds. The summed E-state index contributed by atoms with van der Waals surface area (Å²) in [6.07, 6.45) is 6.59. The first kappa shape index (κ1) is 19.7. The van der Waals surface area contributed by atoms with Crippen LogP contribution in [0.2, 0.25) is 0 Å². The highest BCUT2D eigenvalue weighted by Gasteiger charge is 2.62. The molecule has 8 nitrogen and oxygen atoms in total. The molecular formula is C19H29N3O5. The maximum Gasteiger partial charge on any atom is 0.332 e. The van der Waals surface area contributed by atoms with Crippen molar-refractivity contribution in [1.82, 2.24) is 15.1 Å². The molecule has 1 aliphatic carbocycles. The molecule has 3 aliphatic rings. The Morgan fingerprint density at radius 3 is 2.93 bits per heavy atom. The lowest BCUT2D eigenvalue weighted by molar-refractivity contribution is -0.149. The summed E-state index contributed by atoms with van der Waals surface area (Å²) in [5, 5.41) is 12.9. The zero-order valence-electron chi connectivity index (χ0n) is 16.0. The van der Waals surface area contributed by atoms with Crippen molar-refractivity contribution in [1.29, 1.82) is 0 Å².